The molecule has 0 saturated carbocycles. The lowest BCUT2D eigenvalue weighted by Gasteiger charge is -2.38. The lowest BCUT2D eigenvalue weighted by atomic mass is 10.1. The van der Waals surface area contributed by atoms with Crippen LogP contribution in [0.3, 0.4) is 0 Å². The number of anilines is 2. The zero-order valence-electron chi connectivity index (χ0n) is 22.8. The summed E-state index contributed by atoms with van der Waals surface area (Å²) < 4.78 is 17.2. The lowest BCUT2D eigenvalue weighted by Crippen LogP contribution is -2.47. The Morgan fingerprint density at radius 3 is 2.43 bits per heavy atom. The third-order valence-electron chi connectivity index (χ3n) is 8.02. The van der Waals surface area contributed by atoms with E-state index in [1.807, 2.05) is 29.2 Å². The monoisotopic (exact) mass is 586 g/mol. The Kier molecular flexibility index (Phi) is 7.54. The van der Waals surface area contributed by atoms with Crippen LogP contribution in [0, 0.1) is 17.1 Å². The molecule has 0 atom stereocenters. The third kappa shape index (κ3) is 5.06. The summed E-state index contributed by atoms with van der Waals surface area (Å²) in [4.78, 5) is 36.0. The van der Waals surface area contributed by atoms with Crippen molar-refractivity contribution in [2.45, 2.75) is 19.4 Å². The number of piperazine rings is 1. The smallest absolute Gasteiger partial charge is 0.341 e. The summed E-state index contributed by atoms with van der Waals surface area (Å²) in [7, 11) is 0. The van der Waals surface area contributed by atoms with Crippen LogP contribution in [0.1, 0.15) is 34.5 Å². The van der Waals surface area contributed by atoms with Gasteiger partial charge in [0.1, 0.15) is 17.4 Å². The Morgan fingerprint density at radius 1 is 1.05 bits per heavy atom. The predicted molar refractivity (Wildman–Crippen MR) is 159 cm³/mol. The molecule has 2 aliphatic heterocycles. The number of rotatable bonds is 6. The molecule has 0 spiro atoms. The predicted octanol–water partition coefficient (Wildman–Crippen LogP) is 4.67. The average molecular weight is 587 g/mol. The van der Waals surface area contributed by atoms with Gasteiger partial charge in [-0.05, 0) is 56.3 Å². The van der Waals surface area contributed by atoms with Crippen LogP contribution in [0.4, 0.5) is 15.8 Å². The van der Waals surface area contributed by atoms with E-state index in [0.717, 1.165) is 30.5 Å². The first-order valence-electron chi connectivity index (χ1n) is 13.8. The largest absolute Gasteiger partial charge is 0.477 e. The Morgan fingerprint density at radius 2 is 1.76 bits per heavy atom. The van der Waals surface area contributed by atoms with Crippen LogP contribution in [0.25, 0.3) is 16.6 Å². The number of carboxylic acids is 1. The van der Waals surface area contributed by atoms with Gasteiger partial charge in [-0.25, -0.2) is 9.18 Å². The van der Waals surface area contributed by atoms with Crippen molar-refractivity contribution in [2.75, 3.05) is 49.1 Å². The van der Waals surface area contributed by atoms with Gasteiger partial charge in [0.25, 0.3) is 0 Å². The molecule has 6 rings (SSSR count). The first kappa shape index (κ1) is 27.7. The van der Waals surface area contributed by atoms with Gasteiger partial charge in [0.2, 0.25) is 5.43 Å². The number of halogens is 2. The van der Waals surface area contributed by atoms with Crippen molar-refractivity contribution >= 4 is 39.8 Å². The molecule has 11 heteroatoms. The minimum Gasteiger partial charge on any atom is -0.477 e. The lowest BCUT2D eigenvalue weighted by molar-refractivity contribution is 0.0695. The summed E-state index contributed by atoms with van der Waals surface area (Å²) in [6.45, 7) is 4.67. The molecule has 2 saturated heterocycles. The van der Waals surface area contributed by atoms with Crippen molar-refractivity contribution in [1.82, 2.24) is 14.5 Å². The van der Waals surface area contributed by atoms with E-state index < -0.39 is 22.8 Å². The molecule has 4 aromatic rings. The number of fused-ring (bicyclic) bond motifs is 1. The highest BCUT2D eigenvalue weighted by Gasteiger charge is 2.27. The minimum atomic E-state index is -1.41. The molecular weight excluding hydrogens is 559 g/mol. The second-order valence-corrected chi connectivity index (χ2v) is 10.9. The maximum Gasteiger partial charge on any atom is 0.341 e. The number of carbonyl (C=O) groups is 1. The second-order valence-electron chi connectivity index (χ2n) is 10.6. The summed E-state index contributed by atoms with van der Waals surface area (Å²) in [5.41, 5.74) is 1.83. The van der Waals surface area contributed by atoms with Gasteiger partial charge in [-0.2, -0.15) is 5.26 Å². The third-order valence-corrected chi connectivity index (χ3v) is 8.38. The molecule has 2 aliphatic rings. The molecule has 2 aromatic carbocycles. The normalized spacial score (nSPS) is 15.7. The molecule has 0 unspecified atom stereocenters. The van der Waals surface area contributed by atoms with Crippen LogP contribution >= 0.6 is 11.6 Å². The fourth-order valence-corrected chi connectivity index (χ4v) is 6.29. The second kappa shape index (κ2) is 11.4. The van der Waals surface area contributed by atoms with Crippen LogP contribution in [-0.4, -0.2) is 64.8 Å². The van der Waals surface area contributed by atoms with Crippen molar-refractivity contribution in [3.8, 4) is 11.8 Å². The van der Waals surface area contributed by atoms with E-state index in [9.17, 15) is 20.0 Å². The topological polar surface area (TPSA) is 106 Å². The summed E-state index contributed by atoms with van der Waals surface area (Å²) in [6, 6.07) is 14.3. The molecule has 0 radical (unpaired) electrons. The van der Waals surface area contributed by atoms with E-state index in [1.165, 1.54) is 23.6 Å². The van der Waals surface area contributed by atoms with Crippen molar-refractivity contribution in [3.63, 3.8) is 0 Å². The molecule has 2 aromatic heterocycles. The number of likely N-dealkylation sites (tertiary alicyclic amines) is 1. The van der Waals surface area contributed by atoms with Crippen molar-refractivity contribution in [3.05, 3.63) is 92.7 Å². The number of nitriles is 1. The number of carboxylic acid groups (broad SMARTS) is 1. The van der Waals surface area contributed by atoms with Gasteiger partial charge in [-0.15, -0.1) is 0 Å². The fraction of sp³-hybridized carbons (Fsp3) is 0.290. The Hall–Kier alpha value is -4.46. The number of pyridine rings is 2. The Labute approximate surface area is 246 Å². The van der Waals surface area contributed by atoms with E-state index in [-0.39, 0.29) is 21.6 Å². The SMILES string of the molecule is N#Cc1ccccc1N1CCN(c2c(F)cc3c(=O)c(C(=O)O)cn(-c4ccc(CN5CCCC5)nc4)c3c2Cl)CC1. The first-order chi connectivity index (χ1) is 20.4. The van der Waals surface area contributed by atoms with Gasteiger partial charge in [-0.3, -0.25) is 14.7 Å². The van der Waals surface area contributed by atoms with Gasteiger partial charge >= 0.3 is 5.97 Å². The van der Waals surface area contributed by atoms with Crippen LogP contribution in [-0.2, 0) is 6.54 Å². The van der Waals surface area contributed by atoms with E-state index in [4.69, 9.17) is 11.6 Å². The molecule has 1 N–H and O–H groups in total. The van der Waals surface area contributed by atoms with E-state index >= 15 is 4.39 Å². The maximum absolute atomic E-state index is 15.7. The van der Waals surface area contributed by atoms with Crippen LogP contribution in [0.15, 0.2) is 59.7 Å². The minimum absolute atomic E-state index is 0.0195. The molecule has 214 valence electrons. The highest BCUT2D eigenvalue weighted by Crippen LogP contribution is 2.37. The Balaban J connectivity index is 1.39. The summed E-state index contributed by atoms with van der Waals surface area (Å²) in [5.74, 6) is -2.12. The standard InChI is InChI=1S/C31H28ClFN6O3/c32-27-28-23(15-25(33)29(27)38-13-11-37(12-14-38)26-6-2-1-5-20(26)16-34)30(40)24(31(41)42)19-39(28)22-8-7-21(35-17-22)18-36-9-3-4-10-36/h1-2,5-8,15,17,19H,3-4,9-14,18H2,(H,41,42). The van der Waals surface area contributed by atoms with Gasteiger partial charge in [0.15, 0.2) is 0 Å². The van der Waals surface area contributed by atoms with E-state index in [0.29, 0.717) is 44.0 Å². The number of para-hydroxylation sites is 1. The fourth-order valence-electron chi connectivity index (χ4n) is 5.89. The zero-order valence-corrected chi connectivity index (χ0v) is 23.5. The molecule has 42 heavy (non-hydrogen) atoms. The van der Waals surface area contributed by atoms with E-state index in [1.54, 1.807) is 18.3 Å². The van der Waals surface area contributed by atoms with Crippen molar-refractivity contribution in [2.24, 2.45) is 0 Å². The summed E-state index contributed by atoms with van der Waals surface area (Å²) in [6.07, 6.45) is 5.18. The highest BCUT2D eigenvalue weighted by atomic mass is 35.5. The number of hydrogen-bond acceptors (Lipinski definition) is 7. The summed E-state index contributed by atoms with van der Waals surface area (Å²) in [5, 5.41) is 19.2. The van der Waals surface area contributed by atoms with Crippen LogP contribution in [0.2, 0.25) is 5.02 Å². The van der Waals surface area contributed by atoms with E-state index in [2.05, 4.69) is 20.9 Å². The molecule has 9 nitrogen and oxygen atoms in total. The molecule has 0 amide bonds. The molecule has 4 heterocycles. The highest BCUT2D eigenvalue weighted by molar-refractivity contribution is 6.38. The first-order valence-corrected chi connectivity index (χ1v) is 14.2. The number of aromatic carboxylic acids is 1. The van der Waals surface area contributed by atoms with Gasteiger partial charge < -0.3 is 19.5 Å². The molecule has 0 aliphatic carbocycles. The average Bonchev–Trinajstić information content (AvgIpc) is 3.51. The van der Waals surface area contributed by atoms with Crippen LogP contribution < -0.4 is 15.2 Å². The summed E-state index contributed by atoms with van der Waals surface area (Å²) >= 11 is 6.91. The maximum atomic E-state index is 15.7. The number of benzene rings is 2. The quantitative estimate of drug-likeness (QED) is 0.347. The van der Waals surface area contributed by atoms with Crippen molar-refractivity contribution in [1.29, 1.82) is 5.26 Å². The molecule has 2 fully saturated rings. The zero-order chi connectivity index (χ0) is 29.4. The van der Waals surface area contributed by atoms with Gasteiger partial charge in [-0.1, -0.05) is 23.7 Å². The molecular formula is C31H28ClFN6O3. The van der Waals surface area contributed by atoms with Gasteiger partial charge in [0, 0.05) is 38.9 Å². The van der Waals surface area contributed by atoms with Crippen molar-refractivity contribution < 1.29 is 14.3 Å². The van der Waals surface area contributed by atoms with Crippen LogP contribution in [0.5, 0.6) is 0 Å². The number of hydrogen-bond donors (Lipinski definition) is 1. The van der Waals surface area contributed by atoms with Gasteiger partial charge in [0.05, 0.1) is 50.4 Å². The molecule has 0 bridgehead atoms. The Bertz CT molecular complexity index is 1770. The number of aromatic nitrogens is 2. The number of nitrogens with zero attached hydrogens (tertiary/aromatic N) is 6.